The Morgan fingerprint density at radius 3 is 1.34 bits per heavy atom. The van der Waals surface area contributed by atoms with Gasteiger partial charge in [0, 0.05) is 33.0 Å². The summed E-state index contributed by atoms with van der Waals surface area (Å²) in [4.78, 5) is 15.9. The molecule has 0 N–H and O–H groups in total. The monoisotopic (exact) mass is 752 g/mol. The molecule has 0 atom stereocenters. The number of rotatable bonds is 7. The number of aromatic nitrogens is 4. The van der Waals surface area contributed by atoms with Gasteiger partial charge in [-0.05, 0) is 62.9 Å². The summed E-state index contributed by atoms with van der Waals surface area (Å²) in [6.07, 6.45) is 0. The van der Waals surface area contributed by atoms with E-state index in [1.807, 2.05) is 6.07 Å². The molecular weight excluding hydrogens is 717 g/mol. The zero-order valence-electron chi connectivity index (χ0n) is 32.1. The van der Waals surface area contributed by atoms with Crippen LogP contribution in [-0.4, -0.2) is 19.5 Å². The Bertz CT molecular complexity index is 3260. The maximum atomic E-state index is 5.35. The van der Waals surface area contributed by atoms with E-state index in [0.29, 0.717) is 17.5 Å². The second-order valence-electron chi connectivity index (χ2n) is 14.8. The normalized spacial score (nSPS) is 11.4. The summed E-state index contributed by atoms with van der Waals surface area (Å²) in [5.74, 6) is 1.84. The highest BCUT2D eigenvalue weighted by molar-refractivity contribution is 6.10. The van der Waals surface area contributed by atoms with Crippen LogP contribution in [0, 0.1) is 0 Å². The van der Waals surface area contributed by atoms with Gasteiger partial charge in [-0.25, -0.2) is 15.0 Å². The minimum absolute atomic E-state index is 0.605. The summed E-state index contributed by atoms with van der Waals surface area (Å²) in [7, 11) is 0. The minimum Gasteiger partial charge on any atom is -0.309 e. The minimum atomic E-state index is 0.605. The highest BCUT2D eigenvalue weighted by Gasteiger charge is 2.20. The first kappa shape index (κ1) is 34.3. The Hall–Kier alpha value is -7.95. The van der Waals surface area contributed by atoms with Crippen LogP contribution in [0.25, 0.3) is 106 Å². The van der Waals surface area contributed by atoms with Crippen LogP contribution in [0.5, 0.6) is 0 Å². The van der Waals surface area contributed by atoms with E-state index in [0.717, 1.165) is 66.4 Å². The molecule has 4 heteroatoms. The number of nitrogens with zero attached hydrogens (tertiary/aromatic N) is 4. The zero-order valence-corrected chi connectivity index (χ0v) is 32.1. The van der Waals surface area contributed by atoms with Crippen LogP contribution in [0.1, 0.15) is 0 Å². The smallest absolute Gasteiger partial charge is 0.164 e. The number of benzene rings is 9. The highest BCUT2D eigenvalue weighted by atomic mass is 15.0. The second-order valence-corrected chi connectivity index (χ2v) is 14.8. The van der Waals surface area contributed by atoms with E-state index in [-0.39, 0.29) is 0 Å². The molecule has 0 spiro atoms. The standard InChI is InChI=1S/C55H36N4/c1-4-17-37(18-5-1)40-23-14-24-41(35-40)53-56-54(58-55(57-53)49-30-16-28-45-43(27-15-29-46(45)49)38-19-6-2-7-20-38)42-33-34-44(39-21-8-3-9-22-39)52(36-42)59-50-31-12-10-25-47(50)48-26-11-13-32-51(48)59/h1-36H. The molecule has 11 rings (SSSR count). The van der Waals surface area contributed by atoms with Crippen molar-refractivity contribution < 1.29 is 0 Å². The summed E-state index contributed by atoms with van der Waals surface area (Å²) < 4.78 is 2.39. The maximum absolute atomic E-state index is 5.35. The van der Waals surface area contributed by atoms with Crippen molar-refractivity contribution in [1.82, 2.24) is 19.5 Å². The molecule has 0 fully saturated rings. The summed E-state index contributed by atoms with van der Waals surface area (Å²) in [5.41, 5.74) is 12.9. The fraction of sp³-hybridized carbons (Fsp3) is 0. The fourth-order valence-corrected chi connectivity index (χ4v) is 8.50. The molecule has 0 unspecified atom stereocenters. The van der Waals surface area contributed by atoms with Crippen LogP contribution >= 0.6 is 0 Å². The zero-order chi connectivity index (χ0) is 39.1. The molecule has 4 nitrogen and oxygen atoms in total. The molecule has 276 valence electrons. The molecule has 0 radical (unpaired) electrons. The quantitative estimate of drug-likeness (QED) is 0.163. The van der Waals surface area contributed by atoms with Crippen LogP contribution in [0.4, 0.5) is 0 Å². The topological polar surface area (TPSA) is 43.6 Å². The SMILES string of the molecule is c1ccc(-c2cccc(-c3nc(-c4ccc(-c5ccccc5)c(-n5c6ccccc6c6ccccc65)c4)nc(-c4cccc5c(-c6ccccc6)cccc45)n3)c2)cc1. The van der Waals surface area contributed by atoms with Crippen molar-refractivity contribution in [2.75, 3.05) is 0 Å². The molecule has 2 heterocycles. The van der Waals surface area contributed by atoms with Crippen molar-refractivity contribution in [3.63, 3.8) is 0 Å². The van der Waals surface area contributed by atoms with E-state index in [1.54, 1.807) is 0 Å². The number of hydrogen-bond acceptors (Lipinski definition) is 3. The molecule has 0 amide bonds. The molecule has 0 aliphatic heterocycles. The van der Waals surface area contributed by atoms with E-state index >= 15 is 0 Å². The van der Waals surface area contributed by atoms with Crippen molar-refractivity contribution in [2.24, 2.45) is 0 Å². The van der Waals surface area contributed by atoms with Gasteiger partial charge < -0.3 is 4.57 Å². The Kier molecular flexibility index (Phi) is 8.45. The van der Waals surface area contributed by atoms with Gasteiger partial charge in [0.15, 0.2) is 17.5 Å². The van der Waals surface area contributed by atoms with Crippen molar-refractivity contribution in [1.29, 1.82) is 0 Å². The third-order valence-corrected chi connectivity index (χ3v) is 11.3. The molecule has 9 aromatic carbocycles. The predicted octanol–water partition coefficient (Wildman–Crippen LogP) is 14.1. The van der Waals surface area contributed by atoms with Crippen LogP contribution in [0.2, 0.25) is 0 Å². The lowest BCUT2D eigenvalue weighted by atomic mass is 9.95. The summed E-state index contributed by atoms with van der Waals surface area (Å²) in [5, 5.41) is 4.65. The van der Waals surface area contributed by atoms with Gasteiger partial charge in [-0.3, -0.25) is 0 Å². The van der Waals surface area contributed by atoms with Crippen molar-refractivity contribution >= 4 is 32.6 Å². The molecule has 2 aromatic heterocycles. The van der Waals surface area contributed by atoms with Gasteiger partial charge in [0.05, 0.1) is 16.7 Å². The van der Waals surface area contributed by atoms with Gasteiger partial charge in [-0.15, -0.1) is 0 Å². The average molecular weight is 753 g/mol. The van der Waals surface area contributed by atoms with Crippen LogP contribution in [0.3, 0.4) is 0 Å². The number of fused-ring (bicyclic) bond motifs is 4. The highest BCUT2D eigenvalue weighted by Crippen LogP contribution is 2.39. The van der Waals surface area contributed by atoms with E-state index in [9.17, 15) is 0 Å². The molecule has 0 aliphatic rings. The van der Waals surface area contributed by atoms with Crippen molar-refractivity contribution in [2.45, 2.75) is 0 Å². The van der Waals surface area contributed by atoms with E-state index < -0.39 is 0 Å². The summed E-state index contributed by atoms with van der Waals surface area (Å²) in [6, 6.07) is 76.9. The third kappa shape index (κ3) is 6.15. The number of para-hydroxylation sites is 2. The van der Waals surface area contributed by atoms with Crippen LogP contribution < -0.4 is 0 Å². The van der Waals surface area contributed by atoms with Crippen molar-refractivity contribution in [3.05, 3.63) is 218 Å². The van der Waals surface area contributed by atoms with Gasteiger partial charge in [-0.2, -0.15) is 0 Å². The molecule has 0 saturated heterocycles. The van der Waals surface area contributed by atoms with Crippen LogP contribution in [0.15, 0.2) is 218 Å². The van der Waals surface area contributed by atoms with Gasteiger partial charge in [0.1, 0.15) is 0 Å². The average Bonchev–Trinajstić information content (AvgIpc) is 3.66. The first-order chi connectivity index (χ1) is 29.3. The molecule has 0 saturated carbocycles. The lowest BCUT2D eigenvalue weighted by Gasteiger charge is -2.17. The first-order valence-electron chi connectivity index (χ1n) is 19.9. The Balaban J connectivity index is 1.16. The predicted molar refractivity (Wildman–Crippen MR) is 244 cm³/mol. The Labute approximate surface area is 342 Å². The Morgan fingerprint density at radius 2 is 0.695 bits per heavy atom. The van der Waals surface area contributed by atoms with E-state index in [4.69, 9.17) is 15.0 Å². The summed E-state index contributed by atoms with van der Waals surface area (Å²) >= 11 is 0. The van der Waals surface area contributed by atoms with Crippen molar-refractivity contribution in [3.8, 4) is 73.2 Å². The molecule has 11 aromatic rings. The van der Waals surface area contributed by atoms with Crippen LogP contribution in [-0.2, 0) is 0 Å². The first-order valence-corrected chi connectivity index (χ1v) is 19.9. The van der Waals surface area contributed by atoms with Gasteiger partial charge in [-0.1, -0.05) is 194 Å². The third-order valence-electron chi connectivity index (χ3n) is 11.3. The molecule has 59 heavy (non-hydrogen) atoms. The van der Waals surface area contributed by atoms with Gasteiger partial charge in [0.25, 0.3) is 0 Å². The second kappa shape index (κ2) is 14.5. The van der Waals surface area contributed by atoms with E-state index in [1.165, 1.54) is 21.9 Å². The number of hydrogen-bond donors (Lipinski definition) is 0. The lowest BCUT2D eigenvalue weighted by molar-refractivity contribution is 1.07. The largest absolute Gasteiger partial charge is 0.309 e. The molecule has 0 aliphatic carbocycles. The fourth-order valence-electron chi connectivity index (χ4n) is 8.50. The van der Waals surface area contributed by atoms with E-state index in [2.05, 4.69) is 217 Å². The Morgan fingerprint density at radius 1 is 0.254 bits per heavy atom. The van der Waals surface area contributed by atoms with Gasteiger partial charge >= 0.3 is 0 Å². The molecular formula is C55H36N4. The summed E-state index contributed by atoms with van der Waals surface area (Å²) in [6.45, 7) is 0. The maximum Gasteiger partial charge on any atom is 0.164 e. The molecule has 0 bridgehead atoms. The lowest BCUT2D eigenvalue weighted by Crippen LogP contribution is -2.02. The van der Waals surface area contributed by atoms with Gasteiger partial charge in [0.2, 0.25) is 0 Å².